The molecule has 0 spiro atoms. The van der Waals surface area contributed by atoms with E-state index in [2.05, 4.69) is 66.0 Å². The quantitative estimate of drug-likeness (QED) is 0.489. The second-order valence-corrected chi connectivity index (χ2v) is 10.2. The van der Waals surface area contributed by atoms with E-state index in [1.54, 1.807) is 0 Å². The molecule has 4 nitrogen and oxygen atoms in total. The lowest BCUT2D eigenvalue weighted by molar-refractivity contribution is 0.161. The van der Waals surface area contributed by atoms with Gasteiger partial charge in [0.2, 0.25) is 0 Å². The van der Waals surface area contributed by atoms with Crippen molar-refractivity contribution >= 4 is 23.1 Å². The van der Waals surface area contributed by atoms with Gasteiger partial charge in [-0.15, -0.1) is 11.3 Å². The summed E-state index contributed by atoms with van der Waals surface area (Å²) in [7, 11) is 0. The molecule has 1 aromatic carbocycles. The van der Waals surface area contributed by atoms with Gasteiger partial charge in [0.05, 0.1) is 12.6 Å². The van der Waals surface area contributed by atoms with Gasteiger partial charge < -0.3 is 14.8 Å². The summed E-state index contributed by atoms with van der Waals surface area (Å²) in [6.07, 6.45) is 8.01. The van der Waals surface area contributed by atoms with Gasteiger partial charge in [0.1, 0.15) is 5.00 Å². The zero-order valence-electron chi connectivity index (χ0n) is 18.6. The van der Waals surface area contributed by atoms with Crippen LogP contribution in [-0.2, 0) is 25.8 Å². The van der Waals surface area contributed by atoms with Crippen LogP contribution < -0.4 is 5.32 Å². The Morgan fingerprint density at radius 3 is 2.65 bits per heavy atom. The van der Waals surface area contributed by atoms with E-state index < -0.39 is 0 Å². The average Bonchev–Trinajstić information content (AvgIpc) is 3.35. The maximum Gasteiger partial charge on any atom is 0.322 e. The normalized spacial score (nSPS) is 17.7. The van der Waals surface area contributed by atoms with Crippen LogP contribution in [0.1, 0.15) is 66.9 Å². The number of aromatic nitrogens is 1. The predicted molar refractivity (Wildman–Crippen MR) is 128 cm³/mol. The van der Waals surface area contributed by atoms with Gasteiger partial charge in [0.25, 0.3) is 0 Å². The fourth-order valence-corrected chi connectivity index (χ4v) is 6.55. The Kier molecular flexibility index (Phi) is 5.39. The molecule has 0 unspecified atom stereocenters. The van der Waals surface area contributed by atoms with E-state index >= 15 is 0 Å². The number of rotatable bonds is 3. The molecule has 5 heteroatoms. The van der Waals surface area contributed by atoms with Crippen molar-refractivity contribution in [3.63, 3.8) is 0 Å². The van der Waals surface area contributed by atoms with Gasteiger partial charge in [0, 0.05) is 28.0 Å². The number of hydrogen-bond donors (Lipinski definition) is 1. The number of amides is 2. The molecule has 0 fully saturated rings. The number of urea groups is 1. The lowest BCUT2D eigenvalue weighted by Crippen LogP contribution is -2.39. The first-order valence-corrected chi connectivity index (χ1v) is 12.4. The zero-order chi connectivity index (χ0) is 21.5. The number of thiophene rings is 1. The number of hydrogen-bond acceptors (Lipinski definition) is 2. The molecule has 0 saturated carbocycles. The van der Waals surface area contributed by atoms with Crippen molar-refractivity contribution in [2.24, 2.45) is 5.92 Å². The van der Waals surface area contributed by atoms with Crippen molar-refractivity contribution in [1.82, 2.24) is 9.47 Å². The van der Waals surface area contributed by atoms with E-state index in [1.807, 2.05) is 23.5 Å². The molecule has 1 aliphatic carbocycles. The molecule has 3 aromatic rings. The molecule has 0 bridgehead atoms. The molecule has 2 amide bonds. The van der Waals surface area contributed by atoms with E-state index in [1.165, 1.54) is 51.5 Å². The van der Waals surface area contributed by atoms with Crippen molar-refractivity contribution in [1.29, 1.82) is 0 Å². The molecular weight excluding hydrogens is 402 g/mol. The van der Waals surface area contributed by atoms with Crippen LogP contribution in [0.5, 0.6) is 0 Å². The van der Waals surface area contributed by atoms with Crippen LogP contribution in [0.3, 0.4) is 0 Å². The van der Waals surface area contributed by atoms with Crippen LogP contribution in [-0.4, -0.2) is 15.5 Å². The topological polar surface area (TPSA) is 37.3 Å². The van der Waals surface area contributed by atoms with Crippen molar-refractivity contribution in [2.75, 3.05) is 5.32 Å². The Hall–Kier alpha value is -2.53. The average molecular weight is 434 g/mol. The molecule has 5 rings (SSSR count). The molecule has 162 valence electrons. The van der Waals surface area contributed by atoms with Crippen LogP contribution in [0.4, 0.5) is 10.5 Å². The van der Waals surface area contributed by atoms with E-state index in [-0.39, 0.29) is 12.1 Å². The molecule has 2 aromatic heterocycles. The number of aryl methyl sites for hydroxylation is 2. The van der Waals surface area contributed by atoms with E-state index in [0.717, 1.165) is 18.5 Å². The Morgan fingerprint density at radius 2 is 1.90 bits per heavy atom. The molecule has 1 atom stereocenters. The summed E-state index contributed by atoms with van der Waals surface area (Å²) < 4.78 is 2.35. The van der Waals surface area contributed by atoms with E-state index in [9.17, 15) is 4.79 Å². The highest BCUT2D eigenvalue weighted by molar-refractivity contribution is 7.15. The lowest BCUT2D eigenvalue weighted by atomic mass is 9.94. The largest absolute Gasteiger partial charge is 0.322 e. The van der Waals surface area contributed by atoms with E-state index in [0.29, 0.717) is 12.5 Å². The minimum Gasteiger partial charge on any atom is -0.311 e. The number of carbonyl (C=O) groups excluding carboxylic acids is 1. The fourth-order valence-electron chi connectivity index (χ4n) is 5.14. The highest BCUT2D eigenvalue weighted by atomic mass is 32.1. The van der Waals surface area contributed by atoms with Gasteiger partial charge in [0.15, 0.2) is 0 Å². The number of carbonyl (C=O) groups is 1. The van der Waals surface area contributed by atoms with Gasteiger partial charge in [-0.1, -0.05) is 32.9 Å². The van der Waals surface area contributed by atoms with Crippen LogP contribution in [0, 0.1) is 5.92 Å². The third-order valence-corrected chi connectivity index (χ3v) is 8.07. The molecule has 31 heavy (non-hydrogen) atoms. The molecule has 1 aliphatic heterocycles. The van der Waals surface area contributed by atoms with Crippen LogP contribution in [0.2, 0.25) is 0 Å². The summed E-state index contributed by atoms with van der Waals surface area (Å²) in [5, 5.41) is 4.50. The second-order valence-electron chi connectivity index (χ2n) is 9.10. The highest BCUT2D eigenvalue weighted by Gasteiger charge is 2.36. The van der Waals surface area contributed by atoms with Crippen molar-refractivity contribution in [3.05, 3.63) is 69.9 Å². The molecule has 3 heterocycles. The van der Waals surface area contributed by atoms with Crippen LogP contribution >= 0.6 is 11.3 Å². The summed E-state index contributed by atoms with van der Waals surface area (Å²) in [4.78, 5) is 17.2. The smallest absolute Gasteiger partial charge is 0.311 e. The summed E-state index contributed by atoms with van der Waals surface area (Å²) >= 11 is 1.94. The maximum absolute atomic E-state index is 13.6. The summed E-state index contributed by atoms with van der Waals surface area (Å²) in [6, 6.07) is 12.5. The Balaban J connectivity index is 1.55. The van der Waals surface area contributed by atoms with Crippen molar-refractivity contribution < 1.29 is 4.79 Å². The number of nitrogens with one attached hydrogen (secondary N) is 1. The minimum absolute atomic E-state index is 0.0145. The van der Waals surface area contributed by atoms with Gasteiger partial charge in [-0.3, -0.25) is 0 Å². The Labute approximate surface area is 188 Å². The molecular formula is C26H31N3OS. The standard InChI is InChI=1S/C26H31N3OS/c1-4-18-11-13-19(14-12-18)27-26(30)29-16-21-20-8-5-6-10-23(20)31-25(21)28-15-7-9-22(28)24(29)17(2)3/h7,9,11-15,17,24H,4-6,8,10,16H2,1-3H3,(H,27,30)/t24-/m1/s1. The molecule has 1 N–H and O–H groups in total. The van der Waals surface area contributed by atoms with Gasteiger partial charge in [-0.2, -0.15) is 0 Å². The van der Waals surface area contributed by atoms with Crippen molar-refractivity contribution in [3.8, 4) is 5.00 Å². The summed E-state index contributed by atoms with van der Waals surface area (Å²) in [5.74, 6) is 0.312. The molecule has 0 saturated heterocycles. The number of fused-ring (bicyclic) bond motifs is 5. The zero-order valence-corrected chi connectivity index (χ0v) is 19.5. The lowest BCUT2D eigenvalue weighted by Gasteiger charge is -2.33. The number of benzene rings is 1. The minimum atomic E-state index is -0.0145. The van der Waals surface area contributed by atoms with Gasteiger partial charge >= 0.3 is 6.03 Å². The first-order chi connectivity index (χ1) is 15.1. The van der Waals surface area contributed by atoms with Crippen LogP contribution in [0.25, 0.3) is 5.00 Å². The first kappa shape index (κ1) is 20.4. The number of anilines is 1. The molecule has 0 radical (unpaired) electrons. The van der Waals surface area contributed by atoms with Gasteiger partial charge in [-0.05, 0) is 73.4 Å². The monoisotopic (exact) mass is 433 g/mol. The SMILES string of the molecule is CCc1ccc(NC(=O)N2Cc3c(sc4c3CCCC4)-n3cccc3[C@H]2C(C)C)cc1. The Morgan fingerprint density at radius 1 is 1.13 bits per heavy atom. The van der Waals surface area contributed by atoms with Crippen LogP contribution in [0.15, 0.2) is 42.6 Å². The fraction of sp³-hybridized carbons (Fsp3) is 0.423. The third-order valence-electron chi connectivity index (χ3n) is 6.73. The molecule has 2 aliphatic rings. The summed E-state index contributed by atoms with van der Waals surface area (Å²) in [6.45, 7) is 7.25. The Bertz CT molecular complexity index is 1090. The van der Waals surface area contributed by atoms with Crippen molar-refractivity contribution in [2.45, 2.75) is 65.5 Å². The van der Waals surface area contributed by atoms with Gasteiger partial charge in [-0.25, -0.2) is 4.79 Å². The number of nitrogens with zero attached hydrogens (tertiary/aromatic N) is 2. The first-order valence-electron chi connectivity index (χ1n) is 11.5. The summed E-state index contributed by atoms with van der Waals surface area (Å²) in [5.41, 5.74) is 6.21. The predicted octanol–water partition coefficient (Wildman–Crippen LogP) is 6.72. The third kappa shape index (κ3) is 3.59. The maximum atomic E-state index is 13.6. The van der Waals surface area contributed by atoms with E-state index in [4.69, 9.17) is 0 Å². The highest BCUT2D eigenvalue weighted by Crippen LogP contribution is 2.44. The second kappa shape index (κ2) is 8.19.